The SMILES string of the molecule is COc1ccc(C(C#N)NCCCO)c(OC)c1. The van der Waals surface area contributed by atoms with Crippen molar-refractivity contribution in [1.29, 1.82) is 5.26 Å². The van der Waals surface area contributed by atoms with Crippen LogP contribution in [0.3, 0.4) is 0 Å². The molecule has 0 saturated heterocycles. The van der Waals surface area contributed by atoms with Gasteiger partial charge in [0.05, 0.1) is 20.3 Å². The molecule has 0 heterocycles. The molecule has 1 unspecified atom stereocenters. The van der Waals surface area contributed by atoms with E-state index in [0.717, 1.165) is 5.56 Å². The number of nitrogens with one attached hydrogen (secondary N) is 1. The Morgan fingerprint density at radius 2 is 2.17 bits per heavy atom. The summed E-state index contributed by atoms with van der Waals surface area (Å²) in [4.78, 5) is 0. The summed E-state index contributed by atoms with van der Waals surface area (Å²) in [6.07, 6.45) is 0.608. The van der Waals surface area contributed by atoms with E-state index in [4.69, 9.17) is 19.8 Å². The Morgan fingerprint density at radius 3 is 2.72 bits per heavy atom. The van der Waals surface area contributed by atoms with Gasteiger partial charge in [0.1, 0.15) is 17.5 Å². The maximum absolute atomic E-state index is 9.16. The van der Waals surface area contributed by atoms with Crippen LogP contribution in [0.5, 0.6) is 11.5 Å². The molecule has 0 radical (unpaired) electrons. The molecule has 0 fully saturated rings. The second-order valence-electron chi connectivity index (χ2n) is 3.70. The van der Waals surface area contributed by atoms with Gasteiger partial charge < -0.3 is 14.6 Å². The number of nitrogens with zero attached hydrogens (tertiary/aromatic N) is 1. The lowest BCUT2D eigenvalue weighted by Gasteiger charge is -2.15. The Bertz CT molecular complexity index is 415. The minimum atomic E-state index is -0.461. The summed E-state index contributed by atoms with van der Waals surface area (Å²) >= 11 is 0. The lowest BCUT2D eigenvalue weighted by molar-refractivity contribution is 0.285. The zero-order chi connectivity index (χ0) is 13.4. The van der Waals surface area contributed by atoms with Gasteiger partial charge in [0, 0.05) is 18.2 Å². The molecule has 0 aliphatic heterocycles. The molecule has 1 atom stereocenters. The fourth-order valence-corrected chi connectivity index (χ4v) is 1.61. The lowest BCUT2D eigenvalue weighted by Crippen LogP contribution is -2.22. The molecular formula is C13H18N2O3. The number of hydrogen-bond donors (Lipinski definition) is 2. The van der Waals surface area contributed by atoms with Gasteiger partial charge in [-0.15, -0.1) is 0 Å². The van der Waals surface area contributed by atoms with Crippen LogP contribution in [0.15, 0.2) is 18.2 Å². The van der Waals surface area contributed by atoms with Crippen LogP contribution < -0.4 is 14.8 Å². The summed E-state index contributed by atoms with van der Waals surface area (Å²) in [5.41, 5.74) is 0.763. The minimum absolute atomic E-state index is 0.102. The number of hydrogen-bond acceptors (Lipinski definition) is 5. The number of ether oxygens (including phenoxy) is 2. The van der Waals surface area contributed by atoms with Crippen LogP contribution in [0, 0.1) is 11.3 Å². The van der Waals surface area contributed by atoms with Crippen LogP contribution in [-0.2, 0) is 0 Å². The number of aliphatic hydroxyl groups excluding tert-OH is 1. The highest BCUT2D eigenvalue weighted by atomic mass is 16.5. The van der Waals surface area contributed by atoms with E-state index < -0.39 is 6.04 Å². The molecule has 1 aromatic rings. The van der Waals surface area contributed by atoms with Gasteiger partial charge in [-0.05, 0) is 25.1 Å². The summed E-state index contributed by atoms with van der Waals surface area (Å²) in [7, 11) is 3.14. The molecule has 0 spiro atoms. The zero-order valence-corrected chi connectivity index (χ0v) is 10.6. The fraction of sp³-hybridized carbons (Fsp3) is 0.462. The van der Waals surface area contributed by atoms with E-state index in [0.29, 0.717) is 24.5 Å². The largest absolute Gasteiger partial charge is 0.497 e. The van der Waals surface area contributed by atoms with Crippen molar-refractivity contribution < 1.29 is 14.6 Å². The molecule has 0 amide bonds. The molecule has 98 valence electrons. The van der Waals surface area contributed by atoms with Gasteiger partial charge in [-0.2, -0.15) is 5.26 Å². The molecule has 0 aliphatic rings. The average Bonchev–Trinajstić information content (AvgIpc) is 2.43. The second-order valence-corrected chi connectivity index (χ2v) is 3.70. The first-order valence-corrected chi connectivity index (χ1v) is 5.72. The predicted molar refractivity (Wildman–Crippen MR) is 67.6 cm³/mol. The smallest absolute Gasteiger partial charge is 0.128 e. The second kappa shape index (κ2) is 7.54. The van der Waals surface area contributed by atoms with Crippen LogP contribution in [0.4, 0.5) is 0 Å². The van der Waals surface area contributed by atoms with Crippen molar-refractivity contribution in [2.24, 2.45) is 0 Å². The van der Waals surface area contributed by atoms with E-state index in [9.17, 15) is 0 Å². The van der Waals surface area contributed by atoms with Gasteiger partial charge >= 0.3 is 0 Å². The topological polar surface area (TPSA) is 74.5 Å². The Morgan fingerprint density at radius 1 is 1.39 bits per heavy atom. The van der Waals surface area contributed by atoms with Gasteiger partial charge in [-0.25, -0.2) is 0 Å². The first-order chi connectivity index (χ1) is 8.76. The average molecular weight is 250 g/mol. The summed E-state index contributed by atoms with van der Waals surface area (Å²) in [6.45, 7) is 0.675. The number of nitriles is 1. The third-order valence-electron chi connectivity index (χ3n) is 2.56. The molecular weight excluding hydrogens is 232 g/mol. The van der Waals surface area contributed by atoms with Gasteiger partial charge in [0.2, 0.25) is 0 Å². The molecule has 1 aromatic carbocycles. The Kier molecular flexibility index (Phi) is 5.98. The van der Waals surface area contributed by atoms with Crippen molar-refractivity contribution in [2.45, 2.75) is 12.5 Å². The summed E-state index contributed by atoms with van der Waals surface area (Å²) in [5.74, 6) is 1.29. The van der Waals surface area contributed by atoms with Crippen molar-refractivity contribution in [2.75, 3.05) is 27.4 Å². The highest BCUT2D eigenvalue weighted by Gasteiger charge is 2.15. The molecule has 0 bridgehead atoms. The van der Waals surface area contributed by atoms with Crippen molar-refractivity contribution in [1.82, 2.24) is 5.32 Å². The number of methoxy groups -OCH3 is 2. The maximum atomic E-state index is 9.16. The number of rotatable bonds is 7. The third kappa shape index (κ3) is 3.62. The Labute approximate surface area is 107 Å². The highest BCUT2D eigenvalue weighted by molar-refractivity contribution is 5.44. The maximum Gasteiger partial charge on any atom is 0.128 e. The highest BCUT2D eigenvalue weighted by Crippen LogP contribution is 2.29. The molecule has 0 saturated carbocycles. The number of aliphatic hydroxyl groups is 1. The van der Waals surface area contributed by atoms with E-state index in [1.165, 1.54) is 0 Å². The fourth-order valence-electron chi connectivity index (χ4n) is 1.61. The van der Waals surface area contributed by atoms with E-state index in [-0.39, 0.29) is 6.61 Å². The van der Waals surface area contributed by atoms with E-state index in [1.807, 2.05) is 0 Å². The van der Waals surface area contributed by atoms with Crippen molar-refractivity contribution in [3.05, 3.63) is 23.8 Å². The molecule has 0 aliphatic carbocycles. The lowest BCUT2D eigenvalue weighted by atomic mass is 10.1. The first kappa shape index (κ1) is 14.3. The van der Waals surface area contributed by atoms with Crippen molar-refractivity contribution in [3.63, 3.8) is 0 Å². The van der Waals surface area contributed by atoms with Crippen LogP contribution in [0.25, 0.3) is 0 Å². The molecule has 0 aromatic heterocycles. The molecule has 2 N–H and O–H groups in total. The molecule has 1 rings (SSSR count). The van der Waals surface area contributed by atoms with Crippen LogP contribution in [-0.4, -0.2) is 32.5 Å². The molecule has 5 heteroatoms. The predicted octanol–water partition coefficient (Wildman–Crippen LogP) is 1.24. The molecule has 18 heavy (non-hydrogen) atoms. The third-order valence-corrected chi connectivity index (χ3v) is 2.56. The summed E-state index contributed by atoms with van der Waals surface area (Å²) in [5, 5.41) is 20.9. The van der Waals surface area contributed by atoms with Gasteiger partial charge in [0.15, 0.2) is 0 Å². The van der Waals surface area contributed by atoms with Crippen LogP contribution in [0.1, 0.15) is 18.0 Å². The van der Waals surface area contributed by atoms with Gasteiger partial charge in [-0.1, -0.05) is 0 Å². The Balaban J connectivity index is 2.88. The molecule has 5 nitrogen and oxygen atoms in total. The Hall–Kier alpha value is -1.77. The van der Waals surface area contributed by atoms with Gasteiger partial charge in [0.25, 0.3) is 0 Å². The van der Waals surface area contributed by atoms with E-state index in [2.05, 4.69) is 11.4 Å². The monoisotopic (exact) mass is 250 g/mol. The zero-order valence-electron chi connectivity index (χ0n) is 10.6. The van der Waals surface area contributed by atoms with Crippen molar-refractivity contribution in [3.8, 4) is 17.6 Å². The van der Waals surface area contributed by atoms with Crippen LogP contribution >= 0.6 is 0 Å². The van der Waals surface area contributed by atoms with E-state index in [1.54, 1.807) is 32.4 Å². The summed E-state index contributed by atoms with van der Waals surface area (Å²) in [6, 6.07) is 7.05. The van der Waals surface area contributed by atoms with Crippen molar-refractivity contribution >= 4 is 0 Å². The van der Waals surface area contributed by atoms with Crippen LogP contribution in [0.2, 0.25) is 0 Å². The van der Waals surface area contributed by atoms with E-state index >= 15 is 0 Å². The standard InChI is InChI=1S/C13H18N2O3/c1-17-10-4-5-11(13(8-10)18-2)12(9-14)15-6-3-7-16/h4-5,8,12,15-16H,3,6-7H2,1-2H3. The first-order valence-electron chi connectivity index (χ1n) is 5.72. The number of benzene rings is 1. The summed E-state index contributed by atoms with van der Waals surface area (Å²) < 4.78 is 10.4. The normalized spacial score (nSPS) is 11.7. The minimum Gasteiger partial charge on any atom is -0.497 e. The quantitative estimate of drug-likeness (QED) is 0.712. The van der Waals surface area contributed by atoms with Gasteiger partial charge in [-0.3, -0.25) is 5.32 Å².